The first-order valence-electron chi connectivity index (χ1n) is 8.39. The number of ether oxygens (including phenoxy) is 2. The lowest BCUT2D eigenvalue weighted by atomic mass is 10.1. The van der Waals surface area contributed by atoms with Crippen LogP contribution < -0.4 is 9.47 Å². The minimum absolute atomic E-state index is 0.0368. The first-order valence-corrected chi connectivity index (χ1v) is 9.19. The maximum atomic E-state index is 12.5. The standard InChI is InChI=1S/C18H24BrN3O3/c1-4-24-16-9-13(10-20)8-15(19)18(16)25-12-17(23)22-7-5-6-14(11-22)21(2)3/h8-9,14H,4-7,11-12H2,1-3H3. The van der Waals surface area contributed by atoms with Crippen LogP contribution in [0.2, 0.25) is 0 Å². The van der Waals surface area contributed by atoms with Gasteiger partial charge in [0.15, 0.2) is 18.1 Å². The van der Waals surface area contributed by atoms with Gasteiger partial charge in [-0.3, -0.25) is 4.79 Å². The van der Waals surface area contributed by atoms with E-state index in [9.17, 15) is 4.79 Å². The maximum Gasteiger partial charge on any atom is 0.260 e. The van der Waals surface area contributed by atoms with E-state index in [4.69, 9.17) is 14.7 Å². The minimum Gasteiger partial charge on any atom is -0.490 e. The molecule has 6 nitrogen and oxygen atoms in total. The van der Waals surface area contributed by atoms with Gasteiger partial charge in [0, 0.05) is 25.2 Å². The van der Waals surface area contributed by atoms with Crippen molar-refractivity contribution in [3.05, 3.63) is 22.2 Å². The number of hydrogen-bond acceptors (Lipinski definition) is 5. The first-order chi connectivity index (χ1) is 12.0. The summed E-state index contributed by atoms with van der Waals surface area (Å²) in [5.41, 5.74) is 0.471. The summed E-state index contributed by atoms with van der Waals surface area (Å²) in [7, 11) is 4.08. The lowest BCUT2D eigenvalue weighted by Crippen LogP contribution is -2.48. The number of hydrogen-bond donors (Lipinski definition) is 0. The van der Waals surface area contributed by atoms with Crippen molar-refractivity contribution in [2.24, 2.45) is 0 Å². The number of halogens is 1. The molecule has 1 aliphatic heterocycles. The molecule has 136 valence electrons. The number of nitriles is 1. The smallest absolute Gasteiger partial charge is 0.260 e. The Balaban J connectivity index is 2.05. The number of carbonyl (C=O) groups is 1. The van der Waals surface area contributed by atoms with Gasteiger partial charge in [0.05, 0.1) is 22.7 Å². The van der Waals surface area contributed by atoms with E-state index in [1.807, 2.05) is 25.9 Å². The van der Waals surface area contributed by atoms with Crippen molar-refractivity contribution >= 4 is 21.8 Å². The van der Waals surface area contributed by atoms with E-state index in [0.29, 0.717) is 34.2 Å². The number of amides is 1. The Morgan fingerprint density at radius 2 is 2.20 bits per heavy atom. The van der Waals surface area contributed by atoms with Crippen LogP contribution in [0.15, 0.2) is 16.6 Å². The third-order valence-electron chi connectivity index (χ3n) is 4.26. The van der Waals surface area contributed by atoms with Crippen molar-refractivity contribution in [1.82, 2.24) is 9.80 Å². The molecular weight excluding hydrogens is 386 g/mol. The number of benzene rings is 1. The van der Waals surface area contributed by atoms with Crippen LogP contribution >= 0.6 is 15.9 Å². The van der Waals surface area contributed by atoms with Gasteiger partial charge in [-0.2, -0.15) is 5.26 Å². The third-order valence-corrected chi connectivity index (χ3v) is 4.85. The number of likely N-dealkylation sites (N-methyl/N-ethyl adjacent to an activating group) is 1. The fourth-order valence-corrected chi connectivity index (χ4v) is 3.42. The van der Waals surface area contributed by atoms with E-state index >= 15 is 0 Å². The van der Waals surface area contributed by atoms with E-state index in [0.717, 1.165) is 25.9 Å². The van der Waals surface area contributed by atoms with Crippen molar-refractivity contribution in [2.75, 3.05) is 40.4 Å². The third kappa shape index (κ3) is 5.10. The highest BCUT2D eigenvalue weighted by Gasteiger charge is 2.25. The summed E-state index contributed by atoms with van der Waals surface area (Å²) in [6.07, 6.45) is 2.10. The van der Waals surface area contributed by atoms with Gasteiger partial charge in [0.1, 0.15) is 0 Å². The molecule has 1 aromatic carbocycles. The fraction of sp³-hybridized carbons (Fsp3) is 0.556. The summed E-state index contributed by atoms with van der Waals surface area (Å²) in [6, 6.07) is 5.75. The SMILES string of the molecule is CCOc1cc(C#N)cc(Br)c1OCC(=O)N1CCCC(N(C)C)C1. The maximum absolute atomic E-state index is 12.5. The molecule has 0 bridgehead atoms. The van der Waals surface area contributed by atoms with Gasteiger partial charge in [-0.1, -0.05) is 0 Å². The molecule has 2 rings (SSSR count). The highest BCUT2D eigenvalue weighted by atomic mass is 79.9. The fourth-order valence-electron chi connectivity index (χ4n) is 2.86. The van der Waals surface area contributed by atoms with Gasteiger partial charge < -0.3 is 19.3 Å². The normalized spacial score (nSPS) is 17.3. The predicted octanol–water partition coefficient (Wildman–Crippen LogP) is 2.65. The molecule has 0 radical (unpaired) electrons. The summed E-state index contributed by atoms with van der Waals surface area (Å²) in [6.45, 7) is 3.74. The molecule has 0 saturated carbocycles. The summed E-state index contributed by atoms with van der Waals surface area (Å²) < 4.78 is 11.9. The van der Waals surface area contributed by atoms with Crippen molar-refractivity contribution < 1.29 is 14.3 Å². The summed E-state index contributed by atoms with van der Waals surface area (Å²) >= 11 is 3.40. The van der Waals surface area contributed by atoms with Gasteiger partial charge in [-0.25, -0.2) is 0 Å². The van der Waals surface area contributed by atoms with Crippen molar-refractivity contribution in [2.45, 2.75) is 25.8 Å². The summed E-state index contributed by atoms with van der Waals surface area (Å²) in [5.74, 6) is 0.881. The molecule has 1 atom stereocenters. The Hall–Kier alpha value is -1.78. The van der Waals surface area contributed by atoms with Crippen LogP contribution in [0.1, 0.15) is 25.3 Å². The van der Waals surface area contributed by atoms with E-state index < -0.39 is 0 Å². The largest absolute Gasteiger partial charge is 0.490 e. The topological polar surface area (TPSA) is 65.8 Å². The zero-order valence-electron chi connectivity index (χ0n) is 14.9. The molecule has 1 unspecified atom stereocenters. The lowest BCUT2D eigenvalue weighted by Gasteiger charge is -2.36. The highest BCUT2D eigenvalue weighted by Crippen LogP contribution is 2.36. The summed E-state index contributed by atoms with van der Waals surface area (Å²) in [5, 5.41) is 9.07. The van der Waals surface area contributed by atoms with Gasteiger partial charge >= 0.3 is 0 Å². The van der Waals surface area contributed by atoms with Gasteiger partial charge in [0.25, 0.3) is 5.91 Å². The molecular formula is C18H24BrN3O3. The Labute approximate surface area is 157 Å². The molecule has 1 amide bonds. The molecule has 1 aliphatic rings. The van der Waals surface area contributed by atoms with Crippen LogP contribution in [-0.2, 0) is 4.79 Å². The van der Waals surface area contributed by atoms with Gasteiger partial charge in [-0.05, 0) is 55.9 Å². The zero-order chi connectivity index (χ0) is 18.4. The van der Waals surface area contributed by atoms with Crippen molar-refractivity contribution in [3.8, 4) is 17.6 Å². The number of carbonyl (C=O) groups excluding carboxylic acids is 1. The van der Waals surface area contributed by atoms with Crippen molar-refractivity contribution in [3.63, 3.8) is 0 Å². The van der Waals surface area contributed by atoms with E-state index in [2.05, 4.69) is 26.9 Å². The van der Waals surface area contributed by atoms with Crippen LogP contribution in [0, 0.1) is 11.3 Å². The predicted molar refractivity (Wildman–Crippen MR) is 98.8 cm³/mol. The second-order valence-corrected chi connectivity index (χ2v) is 7.07. The molecule has 0 aromatic heterocycles. The van der Waals surface area contributed by atoms with E-state index in [1.54, 1.807) is 12.1 Å². The van der Waals surface area contributed by atoms with Crippen LogP contribution in [0.4, 0.5) is 0 Å². The molecule has 0 aliphatic carbocycles. The minimum atomic E-state index is -0.0509. The highest BCUT2D eigenvalue weighted by molar-refractivity contribution is 9.10. The second-order valence-electron chi connectivity index (χ2n) is 6.22. The Morgan fingerprint density at radius 1 is 1.44 bits per heavy atom. The summed E-state index contributed by atoms with van der Waals surface area (Å²) in [4.78, 5) is 16.5. The number of rotatable bonds is 6. The first kappa shape index (κ1) is 19.5. The monoisotopic (exact) mass is 409 g/mol. The Bertz CT molecular complexity index is 658. The van der Waals surface area contributed by atoms with E-state index in [1.165, 1.54) is 0 Å². The molecule has 1 fully saturated rings. The lowest BCUT2D eigenvalue weighted by molar-refractivity contribution is -0.135. The molecule has 25 heavy (non-hydrogen) atoms. The zero-order valence-corrected chi connectivity index (χ0v) is 16.5. The number of piperidine rings is 1. The van der Waals surface area contributed by atoms with Crippen LogP contribution in [-0.4, -0.2) is 62.1 Å². The molecule has 1 saturated heterocycles. The number of likely N-dealkylation sites (tertiary alicyclic amines) is 1. The molecule has 1 heterocycles. The number of nitrogens with zero attached hydrogens (tertiary/aromatic N) is 3. The van der Waals surface area contributed by atoms with Crippen LogP contribution in [0.5, 0.6) is 11.5 Å². The molecule has 7 heteroatoms. The van der Waals surface area contributed by atoms with Crippen molar-refractivity contribution in [1.29, 1.82) is 5.26 Å². The molecule has 0 N–H and O–H groups in total. The van der Waals surface area contributed by atoms with E-state index in [-0.39, 0.29) is 12.5 Å². The molecule has 0 spiro atoms. The van der Waals surface area contributed by atoms with Gasteiger partial charge in [-0.15, -0.1) is 0 Å². The second kappa shape index (κ2) is 9.07. The Morgan fingerprint density at radius 3 is 2.84 bits per heavy atom. The molecule has 1 aromatic rings. The Kier molecular flexibility index (Phi) is 7.09. The quantitative estimate of drug-likeness (QED) is 0.722. The van der Waals surface area contributed by atoms with Crippen LogP contribution in [0.25, 0.3) is 0 Å². The average molecular weight is 410 g/mol. The average Bonchev–Trinajstić information content (AvgIpc) is 2.60. The van der Waals surface area contributed by atoms with Crippen LogP contribution in [0.3, 0.4) is 0 Å². The van der Waals surface area contributed by atoms with Gasteiger partial charge in [0.2, 0.25) is 0 Å².